The maximum Gasteiger partial charge on any atom is 0.410 e. The second-order valence-electron chi connectivity index (χ2n) is 5.83. The number of amides is 2. The lowest BCUT2D eigenvalue weighted by Crippen LogP contribution is -2.54. The Bertz CT molecular complexity index is 329. The predicted octanol–water partition coefficient (Wildman–Crippen LogP) is 0.989. The zero-order valence-electron chi connectivity index (χ0n) is 10.7. The molecule has 1 atom stereocenters. The molecule has 96 valence electrons. The van der Waals surface area contributed by atoms with E-state index in [1.165, 1.54) is 0 Å². The molecule has 0 unspecified atom stereocenters. The van der Waals surface area contributed by atoms with Gasteiger partial charge < -0.3 is 15.0 Å². The van der Waals surface area contributed by atoms with Gasteiger partial charge in [0, 0.05) is 31.5 Å². The molecule has 0 aromatic carbocycles. The van der Waals surface area contributed by atoms with Gasteiger partial charge in [-0.1, -0.05) is 0 Å². The first kappa shape index (κ1) is 12.2. The van der Waals surface area contributed by atoms with E-state index in [0.717, 1.165) is 13.0 Å². The molecule has 2 aliphatic rings. The lowest BCUT2D eigenvalue weighted by molar-refractivity contribution is -0.126. The van der Waals surface area contributed by atoms with Crippen molar-refractivity contribution in [3.8, 4) is 0 Å². The average molecular weight is 240 g/mol. The normalized spacial score (nSPS) is 25.5. The number of likely N-dealkylation sites (tertiary alicyclic amines) is 1. The van der Waals surface area contributed by atoms with Gasteiger partial charge in [0.25, 0.3) is 0 Å². The molecule has 2 saturated heterocycles. The summed E-state index contributed by atoms with van der Waals surface area (Å²) in [5.74, 6) is 0.539. The van der Waals surface area contributed by atoms with E-state index >= 15 is 0 Å². The van der Waals surface area contributed by atoms with Gasteiger partial charge in [-0.3, -0.25) is 4.79 Å². The summed E-state index contributed by atoms with van der Waals surface area (Å²) >= 11 is 0. The molecule has 0 spiro atoms. The highest BCUT2D eigenvalue weighted by molar-refractivity contribution is 5.81. The lowest BCUT2D eigenvalue weighted by atomic mass is 9.85. The van der Waals surface area contributed by atoms with Gasteiger partial charge in [-0.05, 0) is 27.2 Å². The van der Waals surface area contributed by atoms with Crippen molar-refractivity contribution in [3.63, 3.8) is 0 Å². The largest absolute Gasteiger partial charge is 0.444 e. The Hall–Kier alpha value is -1.26. The van der Waals surface area contributed by atoms with Gasteiger partial charge in [0.2, 0.25) is 5.91 Å². The maximum absolute atomic E-state index is 11.7. The molecule has 2 fully saturated rings. The fourth-order valence-corrected chi connectivity index (χ4v) is 2.31. The average Bonchev–Trinajstić information content (AvgIpc) is 2.46. The highest BCUT2D eigenvalue weighted by Crippen LogP contribution is 2.29. The molecular weight excluding hydrogens is 220 g/mol. The first-order valence-corrected chi connectivity index (χ1v) is 6.12. The fourth-order valence-electron chi connectivity index (χ4n) is 2.31. The van der Waals surface area contributed by atoms with Crippen molar-refractivity contribution in [2.75, 3.05) is 19.6 Å². The number of carbonyl (C=O) groups is 2. The first-order valence-electron chi connectivity index (χ1n) is 6.12. The molecule has 17 heavy (non-hydrogen) atoms. The summed E-state index contributed by atoms with van der Waals surface area (Å²) in [5, 5.41) is 2.83. The van der Waals surface area contributed by atoms with E-state index in [4.69, 9.17) is 4.74 Å². The van der Waals surface area contributed by atoms with Crippen LogP contribution in [-0.4, -0.2) is 42.1 Å². The minimum absolute atomic E-state index is 0.0914. The summed E-state index contributed by atoms with van der Waals surface area (Å²) in [6.45, 7) is 7.62. The van der Waals surface area contributed by atoms with Gasteiger partial charge in [0.05, 0.1) is 0 Å². The van der Waals surface area contributed by atoms with Crippen molar-refractivity contribution in [1.82, 2.24) is 10.2 Å². The van der Waals surface area contributed by atoms with Crippen molar-refractivity contribution >= 4 is 12.0 Å². The van der Waals surface area contributed by atoms with Gasteiger partial charge in [0.15, 0.2) is 0 Å². The zero-order valence-corrected chi connectivity index (χ0v) is 10.7. The van der Waals surface area contributed by atoms with Gasteiger partial charge in [0.1, 0.15) is 5.60 Å². The first-order chi connectivity index (χ1) is 7.87. The molecule has 0 aliphatic carbocycles. The molecular formula is C12H20N2O3. The van der Waals surface area contributed by atoms with Crippen LogP contribution in [0.15, 0.2) is 0 Å². The van der Waals surface area contributed by atoms with Crippen LogP contribution in [0.3, 0.4) is 0 Å². The summed E-state index contributed by atoms with van der Waals surface area (Å²) in [4.78, 5) is 24.8. The van der Waals surface area contributed by atoms with Crippen LogP contribution in [0.5, 0.6) is 0 Å². The molecule has 5 heteroatoms. The molecule has 2 aliphatic heterocycles. The maximum atomic E-state index is 11.7. The Labute approximate surface area is 101 Å². The Morgan fingerprint density at radius 2 is 2.06 bits per heavy atom. The number of rotatable bonds is 1. The Kier molecular flexibility index (Phi) is 3.02. The van der Waals surface area contributed by atoms with E-state index in [1.54, 1.807) is 4.90 Å². The van der Waals surface area contributed by atoms with Gasteiger partial charge in [-0.25, -0.2) is 4.79 Å². The van der Waals surface area contributed by atoms with Crippen molar-refractivity contribution in [2.24, 2.45) is 11.8 Å². The van der Waals surface area contributed by atoms with Crippen molar-refractivity contribution < 1.29 is 14.3 Å². The van der Waals surface area contributed by atoms with Crippen LogP contribution in [0, 0.1) is 11.8 Å². The summed E-state index contributed by atoms with van der Waals surface area (Å²) < 4.78 is 5.27. The Morgan fingerprint density at radius 3 is 2.53 bits per heavy atom. The number of hydrogen-bond acceptors (Lipinski definition) is 3. The van der Waals surface area contributed by atoms with Crippen LogP contribution in [0.25, 0.3) is 0 Å². The highest BCUT2D eigenvalue weighted by Gasteiger charge is 2.42. The standard InChI is InChI=1S/C12H20N2O3/c1-12(2,3)17-11(16)14-6-8(7-14)9-4-5-13-10(9)15/h8-9H,4-7H2,1-3H3,(H,13,15)/t9-/m1/s1. The number of nitrogens with zero attached hydrogens (tertiary/aromatic N) is 1. The van der Waals surface area contributed by atoms with Gasteiger partial charge in [-0.15, -0.1) is 0 Å². The molecule has 2 rings (SSSR count). The predicted molar refractivity (Wildman–Crippen MR) is 62.4 cm³/mol. The van der Waals surface area contributed by atoms with E-state index < -0.39 is 5.60 Å². The number of carbonyl (C=O) groups excluding carboxylic acids is 2. The quantitative estimate of drug-likeness (QED) is 0.743. The fraction of sp³-hybridized carbons (Fsp3) is 0.833. The van der Waals surface area contributed by atoms with Crippen LogP contribution < -0.4 is 5.32 Å². The van der Waals surface area contributed by atoms with Gasteiger partial charge >= 0.3 is 6.09 Å². The smallest absolute Gasteiger partial charge is 0.410 e. The molecule has 0 aromatic heterocycles. The summed E-state index contributed by atoms with van der Waals surface area (Å²) in [6.07, 6.45) is 0.623. The summed E-state index contributed by atoms with van der Waals surface area (Å²) in [5.41, 5.74) is -0.451. The SMILES string of the molecule is CC(C)(C)OC(=O)N1CC([C@H]2CCNC2=O)C1. The second kappa shape index (κ2) is 4.20. The third kappa shape index (κ3) is 2.70. The molecule has 0 radical (unpaired) electrons. The molecule has 2 amide bonds. The van der Waals surface area contributed by atoms with Crippen LogP contribution in [0.2, 0.25) is 0 Å². The minimum Gasteiger partial charge on any atom is -0.444 e. The summed E-state index contributed by atoms with van der Waals surface area (Å²) in [6, 6.07) is 0. The van der Waals surface area contributed by atoms with Crippen LogP contribution in [-0.2, 0) is 9.53 Å². The molecule has 1 N–H and O–H groups in total. The molecule has 0 bridgehead atoms. The second-order valence-corrected chi connectivity index (χ2v) is 5.83. The zero-order chi connectivity index (χ0) is 12.6. The van der Waals surface area contributed by atoms with Crippen molar-refractivity contribution in [2.45, 2.75) is 32.8 Å². The monoisotopic (exact) mass is 240 g/mol. The third-order valence-corrected chi connectivity index (χ3v) is 3.22. The Morgan fingerprint density at radius 1 is 1.41 bits per heavy atom. The summed E-state index contributed by atoms with van der Waals surface area (Å²) in [7, 11) is 0. The molecule has 5 nitrogen and oxygen atoms in total. The number of nitrogens with one attached hydrogen (secondary N) is 1. The highest BCUT2D eigenvalue weighted by atomic mass is 16.6. The minimum atomic E-state index is -0.451. The van der Waals surface area contributed by atoms with E-state index in [0.29, 0.717) is 19.0 Å². The van der Waals surface area contributed by atoms with Crippen molar-refractivity contribution in [3.05, 3.63) is 0 Å². The molecule has 2 heterocycles. The van der Waals surface area contributed by atoms with E-state index in [1.807, 2.05) is 20.8 Å². The molecule has 0 saturated carbocycles. The van der Waals surface area contributed by atoms with E-state index in [2.05, 4.69) is 5.32 Å². The van der Waals surface area contributed by atoms with Crippen LogP contribution in [0.4, 0.5) is 4.79 Å². The third-order valence-electron chi connectivity index (χ3n) is 3.22. The Balaban J connectivity index is 1.79. The topological polar surface area (TPSA) is 58.6 Å². The van der Waals surface area contributed by atoms with E-state index in [9.17, 15) is 9.59 Å². The lowest BCUT2D eigenvalue weighted by Gasteiger charge is -2.41. The van der Waals surface area contributed by atoms with Crippen LogP contribution in [0.1, 0.15) is 27.2 Å². The number of ether oxygens (including phenoxy) is 1. The van der Waals surface area contributed by atoms with Crippen LogP contribution >= 0.6 is 0 Å². The number of hydrogen-bond donors (Lipinski definition) is 1. The van der Waals surface area contributed by atoms with Crippen molar-refractivity contribution in [1.29, 1.82) is 0 Å². The van der Waals surface area contributed by atoms with E-state index in [-0.39, 0.29) is 17.9 Å². The van der Waals surface area contributed by atoms with Gasteiger partial charge in [-0.2, -0.15) is 0 Å². The molecule has 0 aromatic rings.